The number of hydrogen-bond acceptors (Lipinski definition) is 4. The van der Waals surface area contributed by atoms with Crippen molar-refractivity contribution in [2.45, 2.75) is 25.4 Å². The number of ether oxygens (including phenoxy) is 1. The molecule has 1 aliphatic rings. The number of aryl methyl sites for hydroxylation is 1. The summed E-state index contributed by atoms with van der Waals surface area (Å²) in [6.07, 6.45) is 4.46. The fraction of sp³-hybridized carbons (Fsp3) is 0.160. The molecule has 31 heavy (non-hydrogen) atoms. The second kappa shape index (κ2) is 7.96. The van der Waals surface area contributed by atoms with Crippen molar-refractivity contribution in [3.63, 3.8) is 0 Å². The maximum Gasteiger partial charge on any atom is 0.347 e. The number of hydrogen-bond donors (Lipinski definition) is 1. The molecule has 1 N–H and O–H groups in total. The highest BCUT2D eigenvalue weighted by Gasteiger charge is 2.22. The number of nitrogens with one attached hydrogen (secondary N) is 1. The van der Waals surface area contributed by atoms with Crippen LogP contribution in [0.4, 0.5) is 10.5 Å². The summed E-state index contributed by atoms with van der Waals surface area (Å²) in [6, 6.07) is 22.6. The van der Waals surface area contributed by atoms with Gasteiger partial charge in [0.2, 0.25) is 0 Å². The fourth-order valence-electron chi connectivity index (χ4n) is 4.06. The standard InChI is InChI=1S/C25H20N4O2/c26-15-17-9-12-22-18(13-17)5-4-8-24(22)31-21-11-10-19-16-27-29(23(19)14-21)25(30)28-20-6-2-1-3-7-20/h1-3,6-7,9-14,16,24H,4-5,8H2,(H,28,30). The van der Waals surface area contributed by atoms with E-state index in [0.717, 1.165) is 30.2 Å². The van der Waals surface area contributed by atoms with Gasteiger partial charge in [0, 0.05) is 17.1 Å². The molecule has 1 amide bonds. The summed E-state index contributed by atoms with van der Waals surface area (Å²) in [5.41, 5.74) is 4.36. The van der Waals surface area contributed by atoms with Crippen LogP contribution in [0.5, 0.6) is 5.75 Å². The third-order valence-corrected chi connectivity index (χ3v) is 5.57. The SMILES string of the molecule is N#Cc1ccc2c(c1)CCCC2Oc1ccc2cnn(C(=O)Nc3ccccc3)c2c1. The number of nitriles is 1. The Bertz CT molecular complexity index is 1300. The van der Waals surface area contributed by atoms with Gasteiger partial charge in [-0.3, -0.25) is 0 Å². The number of aromatic nitrogens is 2. The largest absolute Gasteiger partial charge is 0.486 e. The molecule has 1 unspecified atom stereocenters. The van der Waals surface area contributed by atoms with E-state index in [0.29, 0.717) is 22.5 Å². The molecule has 0 aliphatic heterocycles. The summed E-state index contributed by atoms with van der Waals surface area (Å²) in [5.74, 6) is 0.684. The van der Waals surface area contributed by atoms with Gasteiger partial charge in [0.15, 0.2) is 0 Å². The molecule has 0 bridgehead atoms. The van der Waals surface area contributed by atoms with E-state index < -0.39 is 0 Å². The van der Waals surface area contributed by atoms with Gasteiger partial charge in [-0.2, -0.15) is 15.0 Å². The van der Waals surface area contributed by atoms with Crippen LogP contribution in [0.1, 0.15) is 35.6 Å². The van der Waals surface area contributed by atoms with Crippen LogP contribution in [0.3, 0.4) is 0 Å². The third kappa shape index (κ3) is 3.74. The summed E-state index contributed by atoms with van der Waals surface area (Å²) in [7, 11) is 0. The lowest BCUT2D eigenvalue weighted by Gasteiger charge is -2.26. The van der Waals surface area contributed by atoms with Crippen LogP contribution in [0, 0.1) is 11.3 Å². The van der Waals surface area contributed by atoms with E-state index in [4.69, 9.17) is 10.00 Å². The van der Waals surface area contributed by atoms with Crippen LogP contribution in [0.15, 0.2) is 72.9 Å². The van der Waals surface area contributed by atoms with Crippen molar-refractivity contribution < 1.29 is 9.53 Å². The lowest BCUT2D eigenvalue weighted by molar-refractivity contribution is 0.183. The molecule has 6 heteroatoms. The minimum Gasteiger partial charge on any atom is -0.486 e. The molecule has 152 valence electrons. The first-order chi connectivity index (χ1) is 15.2. The van der Waals surface area contributed by atoms with Gasteiger partial charge < -0.3 is 10.1 Å². The average Bonchev–Trinajstić information content (AvgIpc) is 3.23. The van der Waals surface area contributed by atoms with E-state index >= 15 is 0 Å². The molecule has 1 atom stereocenters. The number of benzene rings is 3. The lowest BCUT2D eigenvalue weighted by atomic mass is 9.88. The molecule has 1 heterocycles. The highest BCUT2D eigenvalue weighted by molar-refractivity contribution is 5.97. The number of nitrogens with zero attached hydrogens (tertiary/aromatic N) is 3. The molecule has 4 aromatic rings. The van der Waals surface area contributed by atoms with Crippen molar-refractivity contribution in [2.24, 2.45) is 0 Å². The van der Waals surface area contributed by atoms with Crippen LogP contribution in [-0.4, -0.2) is 15.8 Å². The van der Waals surface area contributed by atoms with Gasteiger partial charge in [-0.15, -0.1) is 0 Å². The van der Waals surface area contributed by atoms with E-state index in [1.54, 1.807) is 6.20 Å². The van der Waals surface area contributed by atoms with Crippen molar-refractivity contribution >= 4 is 22.6 Å². The molecule has 0 radical (unpaired) electrons. The summed E-state index contributed by atoms with van der Waals surface area (Å²) in [5, 5.41) is 17.1. The number of amides is 1. The maximum absolute atomic E-state index is 12.7. The van der Waals surface area contributed by atoms with Crippen molar-refractivity contribution in [1.29, 1.82) is 5.26 Å². The minimum atomic E-state index is -0.328. The molecule has 5 rings (SSSR count). The monoisotopic (exact) mass is 408 g/mol. The summed E-state index contributed by atoms with van der Waals surface area (Å²) < 4.78 is 7.68. The Kier molecular flexibility index (Phi) is 4.85. The molecule has 6 nitrogen and oxygen atoms in total. The van der Waals surface area contributed by atoms with Crippen LogP contribution in [-0.2, 0) is 6.42 Å². The molecular weight excluding hydrogens is 388 g/mol. The number of rotatable bonds is 3. The van der Waals surface area contributed by atoms with Crippen LogP contribution in [0.25, 0.3) is 10.9 Å². The topological polar surface area (TPSA) is 79.9 Å². The van der Waals surface area contributed by atoms with E-state index in [1.807, 2.05) is 66.7 Å². The Morgan fingerprint density at radius 1 is 1.13 bits per heavy atom. The Hall–Kier alpha value is -4.11. The summed E-state index contributed by atoms with van der Waals surface area (Å²) >= 11 is 0. The highest BCUT2D eigenvalue weighted by Crippen LogP contribution is 2.35. The second-order valence-electron chi connectivity index (χ2n) is 7.60. The molecule has 0 saturated heterocycles. The molecule has 0 saturated carbocycles. The first-order valence-corrected chi connectivity index (χ1v) is 10.2. The van der Waals surface area contributed by atoms with Gasteiger partial charge >= 0.3 is 6.03 Å². The fourth-order valence-corrected chi connectivity index (χ4v) is 4.06. The molecule has 0 fully saturated rings. The molecular formula is C25H20N4O2. The number of para-hydroxylation sites is 1. The smallest absolute Gasteiger partial charge is 0.347 e. The quantitative estimate of drug-likeness (QED) is 0.489. The number of anilines is 1. The van der Waals surface area contributed by atoms with Crippen LogP contribution >= 0.6 is 0 Å². The van der Waals surface area contributed by atoms with Gasteiger partial charge in [0.05, 0.1) is 23.3 Å². The van der Waals surface area contributed by atoms with Gasteiger partial charge in [0.1, 0.15) is 11.9 Å². The van der Waals surface area contributed by atoms with E-state index in [9.17, 15) is 4.79 Å². The van der Waals surface area contributed by atoms with Gasteiger partial charge in [-0.05, 0) is 66.8 Å². The Morgan fingerprint density at radius 3 is 2.84 bits per heavy atom. The first-order valence-electron chi connectivity index (χ1n) is 10.2. The average molecular weight is 408 g/mol. The lowest BCUT2D eigenvalue weighted by Crippen LogP contribution is -2.20. The normalized spacial score (nSPS) is 15.1. The molecule has 1 aromatic heterocycles. The van der Waals surface area contributed by atoms with Crippen molar-refractivity contribution in [1.82, 2.24) is 9.78 Å². The van der Waals surface area contributed by atoms with Gasteiger partial charge in [-0.1, -0.05) is 24.3 Å². The van der Waals surface area contributed by atoms with Crippen molar-refractivity contribution in [3.05, 3.63) is 89.6 Å². The Morgan fingerprint density at radius 2 is 2.00 bits per heavy atom. The van der Waals surface area contributed by atoms with E-state index in [2.05, 4.69) is 16.5 Å². The first kappa shape index (κ1) is 18.9. The van der Waals surface area contributed by atoms with E-state index in [1.165, 1.54) is 10.2 Å². The van der Waals surface area contributed by atoms with E-state index in [-0.39, 0.29) is 12.1 Å². The Labute approximate surface area is 179 Å². The van der Waals surface area contributed by atoms with Crippen molar-refractivity contribution in [3.8, 4) is 11.8 Å². The molecule has 1 aliphatic carbocycles. The molecule has 0 spiro atoms. The minimum absolute atomic E-state index is 0.0801. The van der Waals surface area contributed by atoms with Gasteiger partial charge in [-0.25, -0.2) is 4.79 Å². The van der Waals surface area contributed by atoms with Crippen molar-refractivity contribution in [2.75, 3.05) is 5.32 Å². The Balaban J connectivity index is 1.42. The van der Waals surface area contributed by atoms with Crippen LogP contribution < -0.4 is 10.1 Å². The number of carbonyl (C=O) groups is 1. The predicted molar refractivity (Wildman–Crippen MR) is 118 cm³/mol. The summed E-state index contributed by atoms with van der Waals surface area (Å²) in [4.78, 5) is 12.7. The molecule has 3 aromatic carbocycles. The maximum atomic E-state index is 12.7. The highest BCUT2D eigenvalue weighted by atomic mass is 16.5. The number of carbonyl (C=O) groups excluding carboxylic acids is 1. The third-order valence-electron chi connectivity index (χ3n) is 5.57. The zero-order valence-electron chi connectivity index (χ0n) is 16.8. The summed E-state index contributed by atoms with van der Waals surface area (Å²) in [6.45, 7) is 0. The number of fused-ring (bicyclic) bond motifs is 2. The van der Waals surface area contributed by atoms with Crippen LogP contribution in [0.2, 0.25) is 0 Å². The second-order valence-corrected chi connectivity index (χ2v) is 7.60. The zero-order valence-corrected chi connectivity index (χ0v) is 16.8. The zero-order chi connectivity index (χ0) is 21.2. The predicted octanol–water partition coefficient (Wildman–Crippen LogP) is 5.44. The van der Waals surface area contributed by atoms with Gasteiger partial charge in [0.25, 0.3) is 0 Å².